The molecule has 0 aliphatic rings. The van der Waals surface area contributed by atoms with Gasteiger partial charge >= 0.3 is 5.97 Å². The summed E-state index contributed by atoms with van der Waals surface area (Å²) in [5.74, 6) is -4.55. The van der Waals surface area contributed by atoms with E-state index in [0.29, 0.717) is 0 Å². The van der Waals surface area contributed by atoms with Gasteiger partial charge in [0.15, 0.2) is 17.5 Å². The molecule has 0 heterocycles. The van der Waals surface area contributed by atoms with Crippen LogP contribution < -0.4 is 5.32 Å². The smallest absolute Gasteiger partial charge is 0.313 e. The van der Waals surface area contributed by atoms with Crippen molar-refractivity contribution in [1.29, 1.82) is 0 Å². The Hall–Kier alpha value is -1.72. The van der Waals surface area contributed by atoms with E-state index in [0.717, 1.165) is 12.1 Å². The summed E-state index contributed by atoms with van der Waals surface area (Å²) in [5.41, 5.74) is -0.806. The molecule has 100 valence electrons. The van der Waals surface area contributed by atoms with Crippen LogP contribution in [0.1, 0.15) is 13.8 Å². The molecule has 0 aromatic heterocycles. The van der Waals surface area contributed by atoms with Crippen LogP contribution in [0.5, 0.6) is 0 Å². The number of ether oxygens (including phenoxy) is 1. The fourth-order valence-corrected chi connectivity index (χ4v) is 1.33. The number of halogens is 3. The minimum atomic E-state index is -1.52. The van der Waals surface area contributed by atoms with Crippen molar-refractivity contribution in [3.63, 3.8) is 0 Å². The molecule has 0 fully saturated rings. The van der Waals surface area contributed by atoms with Gasteiger partial charge in [0.05, 0.1) is 12.5 Å². The highest BCUT2D eigenvalue weighted by molar-refractivity contribution is 5.76. The minimum absolute atomic E-state index is 0.0587. The molecule has 0 saturated heterocycles. The summed E-state index contributed by atoms with van der Waals surface area (Å²) >= 11 is 0. The van der Waals surface area contributed by atoms with Gasteiger partial charge in [-0.15, -0.1) is 0 Å². The van der Waals surface area contributed by atoms with E-state index in [1.165, 1.54) is 7.11 Å². The van der Waals surface area contributed by atoms with Gasteiger partial charge in [-0.1, -0.05) is 0 Å². The third-order valence-electron chi connectivity index (χ3n) is 2.46. The van der Waals surface area contributed by atoms with E-state index in [9.17, 15) is 18.0 Å². The predicted molar refractivity (Wildman–Crippen MR) is 60.6 cm³/mol. The molecule has 0 atom stereocenters. The molecule has 0 radical (unpaired) electrons. The highest BCUT2D eigenvalue weighted by atomic mass is 19.2. The van der Waals surface area contributed by atoms with Crippen molar-refractivity contribution in [3.8, 4) is 0 Å². The van der Waals surface area contributed by atoms with Gasteiger partial charge in [-0.25, -0.2) is 13.2 Å². The first-order valence-corrected chi connectivity index (χ1v) is 5.25. The first-order valence-electron chi connectivity index (χ1n) is 5.25. The van der Waals surface area contributed by atoms with Crippen LogP contribution in [0.3, 0.4) is 0 Å². The second-order valence-electron chi connectivity index (χ2n) is 4.48. The van der Waals surface area contributed by atoms with Crippen LogP contribution in [0.25, 0.3) is 0 Å². The SMILES string of the molecule is COC(=O)C(C)(C)CNc1cc(F)c(F)c(F)c1. The van der Waals surface area contributed by atoms with Gasteiger partial charge in [0.2, 0.25) is 0 Å². The number of anilines is 1. The standard InChI is InChI=1S/C12H14F3NO2/c1-12(2,11(17)18-3)6-16-7-4-8(13)10(15)9(14)5-7/h4-5,16H,6H2,1-3H3. The van der Waals surface area contributed by atoms with E-state index in [1.807, 2.05) is 0 Å². The maximum absolute atomic E-state index is 12.9. The Kier molecular flexibility index (Phi) is 4.21. The van der Waals surface area contributed by atoms with Crippen molar-refractivity contribution in [2.45, 2.75) is 13.8 Å². The number of hydrogen-bond acceptors (Lipinski definition) is 3. The van der Waals surface area contributed by atoms with E-state index >= 15 is 0 Å². The maximum atomic E-state index is 12.9. The molecule has 0 saturated carbocycles. The van der Waals surface area contributed by atoms with Crippen molar-refractivity contribution in [1.82, 2.24) is 0 Å². The third kappa shape index (κ3) is 3.15. The molecule has 0 aliphatic carbocycles. The van der Waals surface area contributed by atoms with Gasteiger partial charge in [-0.3, -0.25) is 4.79 Å². The molecular formula is C12H14F3NO2. The molecule has 0 aliphatic heterocycles. The first kappa shape index (κ1) is 14.3. The maximum Gasteiger partial charge on any atom is 0.313 e. The molecule has 0 spiro atoms. The lowest BCUT2D eigenvalue weighted by molar-refractivity contribution is -0.149. The zero-order valence-electron chi connectivity index (χ0n) is 10.3. The predicted octanol–water partition coefficient (Wildman–Crippen LogP) is 2.72. The first-order chi connectivity index (χ1) is 8.27. The molecule has 1 N–H and O–H groups in total. The summed E-state index contributed by atoms with van der Waals surface area (Å²) < 4.78 is 43.2. The van der Waals surface area contributed by atoms with E-state index < -0.39 is 28.8 Å². The molecule has 1 aromatic rings. The van der Waals surface area contributed by atoms with Crippen molar-refractivity contribution in [2.24, 2.45) is 5.41 Å². The Balaban J connectivity index is 2.78. The number of methoxy groups -OCH3 is 1. The Bertz CT molecular complexity index is 438. The molecule has 1 aromatic carbocycles. The average Bonchev–Trinajstić information content (AvgIpc) is 2.32. The van der Waals surface area contributed by atoms with Crippen LogP contribution in [-0.2, 0) is 9.53 Å². The van der Waals surface area contributed by atoms with Crippen molar-refractivity contribution < 1.29 is 22.7 Å². The monoisotopic (exact) mass is 261 g/mol. The molecule has 0 amide bonds. The topological polar surface area (TPSA) is 38.3 Å². The van der Waals surface area contributed by atoms with E-state index in [2.05, 4.69) is 10.1 Å². The summed E-state index contributed by atoms with van der Waals surface area (Å²) in [6.07, 6.45) is 0. The molecule has 6 heteroatoms. The van der Waals surface area contributed by atoms with Crippen LogP contribution in [0, 0.1) is 22.9 Å². The number of esters is 1. The summed E-state index contributed by atoms with van der Waals surface area (Å²) in [6.45, 7) is 3.33. The van der Waals surface area contributed by atoms with Crippen molar-refractivity contribution >= 4 is 11.7 Å². The second kappa shape index (κ2) is 5.29. The lowest BCUT2D eigenvalue weighted by atomic mass is 9.93. The fourth-order valence-electron chi connectivity index (χ4n) is 1.33. The molecule has 1 rings (SSSR count). The second-order valence-corrected chi connectivity index (χ2v) is 4.48. The van der Waals surface area contributed by atoms with E-state index in [4.69, 9.17) is 0 Å². The van der Waals surface area contributed by atoms with Crippen LogP contribution in [-0.4, -0.2) is 19.6 Å². The molecular weight excluding hydrogens is 247 g/mol. The summed E-state index contributed by atoms with van der Waals surface area (Å²) in [7, 11) is 1.25. The molecule has 0 bridgehead atoms. The van der Waals surface area contributed by atoms with Crippen LogP contribution in [0.15, 0.2) is 12.1 Å². The van der Waals surface area contributed by atoms with E-state index in [-0.39, 0.29) is 12.2 Å². The fraction of sp³-hybridized carbons (Fsp3) is 0.417. The average molecular weight is 261 g/mol. The lowest BCUT2D eigenvalue weighted by Gasteiger charge is -2.22. The Morgan fingerprint density at radius 3 is 2.22 bits per heavy atom. The van der Waals surface area contributed by atoms with E-state index in [1.54, 1.807) is 13.8 Å². The van der Waals surface area contributed by atoms with Gasteiger partial charge < -0.3 is 10.1 Å². The number of carbonyl (C=O) groups is 1. The number of hydrogen-bond donors (Lipinski definition) is 1. The number of nitrogens with one attached hydrogen (secondary N) is 1. The zero-order chi connectivity index (χ0) is 13.9. The van der Waals surface area contributed by atoms with Crippen LogP contribution >= 0.6 is 0 Å². The van der Waals surface area contributed by atoms with Crippen molar-refractivity contribution in [2.75, 3.05) is 19.0 Å². The Morgan fingerprint density at radius 1 is 1.28 bits per heavy atom. The highest BCUT2D eigenvalue weighted by Gasteiger charge is 2.28. The number of rotatable bonds is 4. The number of carbonyl (C=O) groups excluding carboxylic acids is 1. The quantitative estimate of drug-likeness (QED) is 0.669. The van der Waals surface area contributed by atoms with Gasteiger partial charge in [-0.2, -0.15) is 0 Å². The Morgan fingerprint density at radius 2 is 1.78 bits per heavy atom. The third-order valence-corrected chi connectivity index (χ3v) is 2.46. The summed E-state index contributed by atoms with van der Waals surface area (Å²) in [5, 5.41) is 2.66. The lowest BCUT2D eigenvalue weighted by Crippen LogP contribution is -2.33. The Labute approximate surface area is 103 Å². The summed E-state index contributed by atoms with van der Waals surface area (Å²) in [4.78, 5) is 11.4. The van der Waals surface area contributed by atoms with Gasteiger partial charge in [0.1, 0.15) is 0 Å². The van der Waals surface area contributed by atoms with Gasteiger partial charge in [-0.05, 0) is 13.8 Å². The molecule has 3 nitrogen and oxygen atoms in total. The minimum Gasteiger partial charge on any atom is -0.469 e. The largest absolute Gasteiger partial charge is 0.469 e. The summed E-state index contributed by atoms with van der Waals surface area (Å²) in [6, 6.07) is 1.65. The van der Waals surface area contributed by atoms with Gasteiger partial charge in [0.25, 0.3) is 0 Å². The van der Waals surface area contributed by atoms with Gasteiger partial charge in [0, 0.05) is 24.4 Å². The highest BCUT2D eigenvalue weighted by Crippen LogP contribution is 2.21. The molecule has 18 heavy (non-hydrogen) atoms. The zero-order valence-corrected chi connectivity index (χ0v) is 10.3. The number of benzene rings is 1. The van der Waals surface area contributed by atoms with Crippen molar-refractivity contribution in [3.05, 3.63) is 29.6 Å². The van der Waals surface area contributed by atoms with Crippen LogP contribution in [0.2, 0.25) is 0 Å². The van der Waals surface area contributed by atoms with Crippen LogP contribution in [0.4, 0.5) is 18.9 Å². The normalized spacial score (nSPS) is 11.2. The molecule has 0 unspecified atom stereocenters.